The monoisotopic (exact) mass is 292 g/mol. The molecule has 0 amide bonds. The maximum Gasteiger partial charge on any atom is 0.159 e. The molecule has 0 aliphatic rings. The standard InChI is InChI=1S/C16H11ClF2O/c17-8-2-4-12-3-1-5-14(9-12)20-11-13-6-7-15(18)16(19)10-13/h1,3,5-7,9-10H,8,11H2. The third-order valence-corrected chi connectivity index (χ3v) is 2.66. The van der Waals surface area contributed by atoms with Gasteiger partial charge in [0, 0.05) is 5.56 Å². The molecular formula is C16H11ClF2O. The van der Waals surface area contributed by atoms with E-state index in [0.717, 1.165) is 17.7 Å². The Labute approximate surface area is 121 Å². The number of hydrogen-bond acceptors (Lipinski definition) is 1. The Balaban J connectivity index is 2.05. The molecule has 2 rings (SSSR count). The maximum atomic E-state index is 13.0. The summed E-state index contributed by atoms with van der Waals surface area (Å²) in [5, 5.41) is 0. The molecule has 2 aromatic carbocycles. The lowest BCUT2D eigenvalue weighted by atomic mass is 10.2. The molecule has 0 heterocycles. The van der Waals surface area contributed by atoms with Crippen molar-refractivity contribution in [2.75, 3.05) is 5.88 Å². The highest BCUT2D eigenvalue weighted by Crippen LogP contribution is 2.16. The van der Waals surface area contributed by atoms with Crippen LogP contribution in [0.5, 0.6) is 5.75 Å². The van der Waals surface area contributed by atoms with E-state index in [4.69, 9.17) is 16.3 Å². The van der Waals surface area contributed by atoms with Gasteiger partial charge in [0.05, 0.1) is 5.88 Å². The molecule has 1 nitrogen and oxygen atoms in total. The van der Waals surface area contributed by atoms with Gasteiger partial charge in [-0.25, -0.2) is 8.78 Å². The summed E-state index contributed by atoms with van der Waals surface area (Å²) in [7, 11) is 0. The Bertz CT molecular complexity index is 659. The predicted molar refractivity (Wildman–Crippen MR) is 74.7 cm³/mol. The first-order chi connectivity index (χ1) is 9.69. The van der Waals surface area contributed by atoms with E-state index in [1.807, 2.05) is 6.07 Å². The van der Waals surface area contributed by atoms with Gasteiger partial charge in [0.1, 0.15) is 12.4 Å². The topological polar surface area (TPSA) is 9.23 Å². The highest BCUT2D eigenvalue weighted by Gasteiger charge is 2.03. The van der Waals surface area contributed by atoms with Crippen molar-refractivity contribution < 1.29 is 13.5 Å². The summed E-state index contributed by atoms with van der Waals surface area (Å²) in [6.45, 7) is 0.156. The summed E-state index contributed by atoms with van der Waals surface area (Å²) < 4.78 is 31.4. The van der Waals surface area contributed by atoms with Gasteiger partial charge in [-0.05, 0) is 35.9 Å². The number of benzene rings is 2. The minimum atomic E-state index is -0.882. The van der Waals surface area contributed by atoms with E-state index >= 15 is 0 Å². The van der Waals surface area contributed by atoms with Crippen molar-refractivity contribution in [1.29, 1.82) is 0 Å². The van der Waals surface area contributed by atoms with E-state index in [-0.39, 0.29) is 12.5 Å². The highest BCUT2D eigenvalue weighted by molar-refractivity contribution is 6.19. The Kier molecular flexibility index (Phi) is 4.97. The van der Waals surface area contributed by atoms with Gasteiger partial charge in [0.2, 0.25) is 0 Å². The molecule has 2 aromatic rings. The third-order valence-electron chi connectivity index (χ3n) is 2.52. The zero-order valence-corrected chi connectivity index (χ0v) is 11.3. The molecule has 0 atom stereocenters. The van der Waals surface area contributed by atoms with Crippen LogP contribution in [0.1, 0.15) is 11.1 Å². The fraction of sp³-hybridized carbons (Fsp3) is 0.125. The zero-order valence-electron chi connectivity index (χ0n) is 10.5. The molecule has 0 unspecified atom stereocenters. The molecule has 0 spiro atoms. The molecule has 0 N–H and O–H groups in total. The van der Waals surface area contributed by atoms with Crippen LogP contribution in [-0.4, -0.2) is 5.88 Å². The van der Waals surface area contributed by atoms with E-state index in [2.05, 4.69) is 11.8 Å². The smallest absolute Gasteiger partial charge is 0.159 e. The first-order valence-electron chi connectivity index (χ1n) is 5.90. The second kappa shape index (κ2) is 6.93. The Morgan fingerprint density at radius 3 is 2.65 bits per heavy atom. The fourth-order valence-corrected chi connectivity index (χ4v) is 1.66. The van der Waals surface area contributed by atoms with Crippen LogP contribution < -0.4 is 4.74 Å². The first-order valence-corrected chi connectivity index (χ1v) is 6.44. The first kappa shape index (κ1) is 14.4. The molecule has 0 saturated heterocycles. The quantitative estimate of drug-likeness (QED) is 0.610. The minimum Gasteiger partial charge on any atom is -0.489 e. The fourth-order valence-electron chi connectivity index (χ4n) is 1.60. The molecule has 0 saturated carbocycles. The van der Waals surface area contributed by atoms with Crippen LogP contribution in [-0.2, 0) is 6.61 Å². The van der Waals surface area contributed by atoms with Gasteiger partial charge in [0.25, 0.3) is 0 Å². The summed E-state index contributed by atoms with van der Waals surface area (Å²) >= 11 is 5.49. The molecular weight excluding hydrogens is 282 g/mol. The molecule has 102 valence electrons. The maximum absolute atomic E-state index is 13.0. The van der Waals surface area contributed by atoms with Crippen molar-refractivity contribution in [2.45, 2.75) is 6.61 Å². The van der Waals surface area contributed by atoms with Gasteiger partial charge < -0.3 is 4.74 Å². The Morgan fingerprint density at radius 1 is 1.05 bits per heavy atom. The largest absolute Gasteiger partial charge is 0.489 e. The van der Waals surface area contributed by atoms with Crippen LogP contribution in [0.2, 0.25) is 0 Å². The SMILES string of the molecule is Fc1ccc(COc2cccc(C#CCCl)c2)cc1F. The van der Waals surface area contributed by atoms with Crippen LogP contribution in [0.3, 0.4) is 0 Å². The molecule has 4 heteroatoms. The van der Waals surface area contributed by atoms with Crippen molar-refractivity contribution in [3.05, 3.63) is 65.2 Å². The van der Waals surface area contributed by atoms with Crippen LogP contribution in [0.15, 0.2) is 42.5 Å². The zero-order chi connectivity index (χ0) is 14.4. The molecule has 20 heavy (non-hydrogen) atoms. The number of halogens is 3. The van der Waals surface area contributed by atoms with E-state index in [9.17, 15) is 8.78 Å². The van der Waals surface area contributed by atoms with E-state index in [1.54, 1.807) is 18.2 Å². The van der Waals surface area contributed by atoms with E-state index in [0.29, 0.717) is 11.3 Å². The van der Waals surface area contributed by atoms with Gasteiger partial charge >= 0.3 is 0 Å². The summed E-state index contributed by atoms with van der Waals surface area (Å²) in [6, 6.07) is 10.9. The predicted octanol–water partition coefficient (Wildman–Crippen LogP) is 4.13. The van der Waals surface area contributed by atoms with Crippen molar-refractivity contribution in [1.82, 2.24) is 0 Å². The van der Waals surface area contributed by atoms with Crippen LogP contribution in [0, 0.1) is 23.5 Å². The Morgan fingerprint density at radius 2 is 1.90 bits per heavy atom. The van der Waals surface area contributed by atoms with Gasteiger partial charge in [0.15, 0.2) is 11.6 Å². The summed E-state index contributed by atoms with van der Waals surface area (Å²) in [5.74, 6) is 4.75. The van der Waals surface area contributed by atoms with E-state index in [1.165, 1.54) is 6.07 Å². The molecule has 0 aromatic heterocycles. The molecule has 0 aliphatic carbocycles. The third kappa shape index (κ3) is 3.97. The second-order valence-corrected chi connectivity index (χ2v) is 4.27. The van der Waals surface area contributed by atoms with Gasteiger partial charge in [-0.1, -0.05) is 24.0 Å². The average molecular weight is 293 g/mol. The van der Waals surface area contributed by atoms with Crippen LogP contribution in [0.25, 0.3) is 0 Å². The van der Waals surface area contributed by atoms with Crippen molar-refractivity contribution >= 4 is 11.6 Å². The molecule has 0 aliphatic heterocycles. The normalized spacial score (nSPS) is 9.75. The van der Waals surface area contributed by atoms with Crippen molar-refractivity contribution in [2.24, 2.45) is 0 Å². The lowest BCUT2D eigenvalue weighted by molar-refractivity contribution is 0.305. The average Bonchev–Trinajstić information content (AvgIpc) is 2.47. The molecule has 0 radical (unpaired) electrons. The van der Waals surface area contributed by atoms with Gasteiger partial charge in [-0.15, -0.1) is 11.6 Å². The van der Waals surface area contributed by atoms with Crippen molar-refractivity contribution in [3.63, 3.8) is 0 Å². The van der Waals surface area contributed by atoms with Crippen LogP contribution in [0.4, 0.5) is 8.78 Å². The second-order valence-electron chi connectivity index (χ2n) is 4.00. The molecule has 0 fully saturated rings. The minimum absolute atomic E-state index is 0.156. The number of alkyl halides is 1. The number of hydrogen-bond donors (Lipinski definition) is 0. The van der Waals surface area contributed by atoms with E-state index < -0.39 is 11.6 Å². The highest BCUT2D eigenvalue weighted by atomic mass is 35.5. The Hall–Kier alpha value is -2.05. The molecule has 0 bridgehead atoms. The van der Waals surface area contributed by atoms with Gasteiger partial charge in [-0.3, -0.25) is 0 Å². The number of ether oxygens (including phenoxy) is 1. The lowest BCUT2D eigenvalue weighted by Gasteiger charge is -2.07. The van der Waals surface area contributed by atoms with Crippen LogP contribution >= 0.6 is 11.6 Å². The summed E-state index contributed by atoms with van der Waals surface area (Å²) in [5.41, 5.74) is 1.34. The summed E-state index contributed by atoms with van der Waals surface area (Å²) in [4.78, 5) is 0. The number of rotatable bonds is 3. The van der Waals surface area contributed by atoms with Gasteiger partial charge in [-0.2, -0.15) is 0 Å². The summed E-state index contributed by atoms with van der Waals surface area (Å²) in [6.07, 6.45) is 0. The lowest BCUT2D eigenvalue weighted by Crippen LogP contribution is -1.97. The van der Waals surface area contributed by atoms with Crippen molar-refractivity contribution in [3.8, 4) is 17.6 Å².